The van der Waals surface area contributed by atoms with Crippen molar-refractivity contribution in [2.45, 2.75) is 19.4 Å². The lowest BCUT2D eigenvalue weighted by Gasteiger charge is -2.12. The number of nitrogen functional groups attached to an aromatic ring is 1. The Morgan fingerprint density at radius 3 is 3.05 bits per heavy atom. The molecule has 0 radical (unpaired) electrons. The van der Waals surface area contributed by atoms with Crippen LogP contribution in [-0.2, 0) is 0 Å². The maximum atomic E-state index is 5.86. The molecule has 0 saturated heterocycles. The van der Waals surface area contributed by atoms with Gasteiger partial charge in [-0.1, -0.05) is 13.0 Å². The minimum atomic E-state index is 0.0317. The van der Waals surface area contributed by atoms with Crippen LogP contribution in [0.1, 0.15) is 25.2 Å². The molecule has 3 rings (SSSR count). The molecule has 0 aliphatic carbocycles. The van der Waals surface area contributed by atoms with Gasteiger partial charge in [-0.3, -0.25) is 0 Å². The van der Waals surface area contributed by atoms with Crippen LogP contribution in [0.3, 0.4) is 0 Å². The van der Waals surface area contributed by atoms with Crippen LogP contribution in [0.4, 0.5) is 11.7 Å². The Labute approximate surface area is 110 Å². The number of nitrogens with one attached hydrogen (secondary N) is 2. The van der Waals surface area contributed by atoms with Crippen LogP contribution in [0.25, 0.3) is 11.1 Å². The average molecular weight is 257 g/mol. The number of aromatic amines is 1. The van der Waals surface area contributed by atoms with E-state index in [-0.39, 0.29) is 6.04 Å². The van der Waals surface area contributed by atoms with Crippen molar-refractivity contribution >= 4 is 22.8 Å². The van der Waals surface area contributed by atoms with Crippen LogP contribution >= 0.6 is 0 Å². The molecule has 2 aromatic heterocycles. The lowest BCUT2D eigenvalue weighted by atomic mass is 10.2. The van der Waals surface area contributed by atoms with Crippen LogP contribution in [0.15, 0.2) is 35.0 Å². The monoisotopic (exact) mass is 257 g/mol. The zero-order valence-corrected chi connectivity index (χ0v) is 10.6. The number of benzene rings is 1. The second-order valence-corrected chi connectivity index (χ2v) is 4.29. The molecular weight excluding hydrogens is 242 g/mol. The smallest absolute Gasteiger partial charge is 0.296 e. The Balaban J connectivity index is 1.90. The molecule has 0 bridgehead atoms. The molecule has 1 unspecified atom stereocenters. The van der Waals surface area contributed by atoms with E-state index in [1.165, 1.54) is 0 Å². The summed E-state index contributed by atoms with van der Waals surface area (Å²) in [5, 5.41) is 3.22. The van der Waals surface area contributed by atoms with Gasteiger partial charge < -0.3 is 20.5 Å². The molecule has 6 nitrogen and oxygen atoms in total. The summed E-state index contributed by atoms with van der Waals surface area (Å²) in [6, 6.07) is 5.98. The van der Waals surface area contributed by atoms with Gasteiger partial charge in [-0.25, -0.2) is 4.98 Å². The molecular formula is C13H15N5O. The summed E-state index contributed by atoms with van der Waals surface area (Å²) in [7, 11) is 0. The van der Waals surface area contributed by atoms with E-state index in [0.29, 0.717) is 22.8 Å². The van der Waals surface area contributed by atoms with E-state index in [9.17, 15) is 0 Å². The van der Waals surface area contributed by atoms with Gasteiger partial charge in [0, 0.05) is 12.4 Å². The minimum Gasteiger partial charge on any atom is -0.423 e. The van der Waals surface area contributed by atoms with Crippen LogP contribution in [0, 0.1) is 0 Å². The molecule has 0 amide bonds. The summed E-state index contributed by atoms with van der Waals surface area (Å²) in [6.45, 7) is 2.07. The molecule has 19 heavy (non-hydrogen) atoms. The molecule has 0 saturated carbocycles. The number of anilines is 2. The largest absolute Gasteiger partial charge is 0.423 e. The second-order valence-electron chi connectivity index (χ2n) is 4.29. The van der Waals surface area contributed by atoms with E-state index in [1.807, 2.05) is 12.1 Å². The molecule has 2 heterocycles. The van der Waals surface area contributed by atoms with Crippen molar-refractivity contribution in [2.75, 3.05) is 11.1 Å². The normalized spacial score (nSPS) is 12.7. The summed E-state index contributed by atoms with van der Waals surface area (Å²) >= 11 is 0. The number of oxazole rings is 1. The van der Waals surface area contributed by atoms with Gasteiger partial charge in [-0.15, -0.1) is 0 Å². The third kappa shape index (κ3) is 2.12. The number of H-pyrrole nitrogens is 1. The molecule has 0 aliphatic rings. The van der Waals surface area contributed by atoms with Gasteiger partial charge in [0.2, 0.25) is 0 Å². The first-order chi connectivity index (χ1) is 9.28. The lowest BCUT2D eigenvalue weighted by Crippen LogP contribution is -2.11. The molecule has 3 aromatic rings. The summed E-state index contributed by atoms with van der Waals surface area (Å²) in [5.74, 6) is 0.859. The number of aromatic nitrogens is 3. The van der Waals surface area contributed by atoms with Gasteiger partial charge in [0.25, 0.3) is 6.01 Å². The maximum absolute atomic E-state index is 5.86. The van der Waals surface area contributed by atoms with E-state index in [1.54, 1.807) is 18.5 Å². The highest BCUT2D eigenvalue weighted by molar-refractivity contribution is 5.86. The number of nitrogens with two attached hydrogens (primary N) is 1. The van der Waals surface area contributed by atoms with E-state index >= 15 is 0 Å². The van der Waals surface area contributed by atoms with E-state index in [0.717, 1.165) is 12.2 Å². The highest BCUT2D eigenvalue weighted by Gasteiger charge is 2.15. The SMILES string of the molecule is CCC(Nc1nc2c(N)cccc2o1)c1ncc[nH]1. The van der Waals surface area contributed by atoms with Gasteiger partial charge in [-0.2, -0.15) is 4.98 Å². The van der Waals surface area contributed by atoms with Gasteiger partial charge >= 0.3 is 0 Å². The van der Waals surface area contributed by atoms with E-state index < -0.39 is 0 Å². The van der Waals surface area contributed by atoms with Crippen molar-refractivity contribution in [3.8, 4) is 0 Å². The predicted octanol–water partition coefficient (Wildman–Crippen LogP) is 2.70. The molecule has 98 valence electrons. The zero-order chi connectivity index (χ0) is 13.2. The first-order valence-corrected chi connectivity index (χ1v) is 6.18. The van der Waals surface area contributed by atoms with E-state index in [2.05, 4.69) is 27.2 Å². The number of hydrogen-bond acceptors (Lipinski definition) is 5. The van der Waals surface area contributed by atoms with Crippen molar-refractivity contribution in [3.05, 3.63) is 36.4 Å². The quantitative estimate of drug-likeness (QED) is 0.625. The second kappa shape index (κ2) is 4.64. The van der Waals surface area contributed by atoms with Crippen molar-refractivity contribution in [3.63, 3.8) is 0 Å². The fourth-order valence-electron chi connectivity index (χ4n) is 2.01. The predicted molar refractivity (Wildman–Crippen MR) is 73.7 cm³/mol. The Morgan fingerprint density at radius 2 is 2.37 bits per heavy atom. The summed E-state index contributed by atoms with van der Waals surface area (Å²) in [6.07, 6.45) is 4.38. The van der Waals surface area contributed by atoms with Crippen molar-refractivity contribution < 1.29 is 4.42 Å². The minimum absolute atomic E-state index is 0.0317. The lowest BCUT2D eigenvalue weighted by molar-refractivity contribution is 0.585. The Hall–Kier alpha value is -2.50. The van der Waals surface area contributed by atoms with Gasteiger partial charge in [0.15, 0.2) is 5.58 Å². The molecule has 0 fully saturated rings. The maximum Gasteiger partial charge on any atom is 0.296 e. The molecule has 4 N–H and O–H groups in total. The van der Waals surface area contributed by atoms with Crippen LogP contribution in [-0.4, -0.2) is 15.0 Å². The average Bonchev–Trinajstić information content (AvgIpc) is 3.05. The molecule has 0 aliphatic heterocycles. The Morgan fingerprint density at radius 1 is 1.47 bits per heavy atom. The van der Waals surface area contributed by atoms with Gasteiger partial charge in [0.05, 0.1) is 11.7 Å². The van der Waals surface area contributed by atoms with Crippen molar-refractivity contribution in [2.24, 2.45) is 0 Å². The number of fused-ring (bicyclic) bond motifs is 1. The number of hydrogen-bond donors (Lipinski definition) is 3. The first kappa shape index (κ1) is 11.6. The summed E-state index contributed by atoms with van der Waals surface area (Å²) in [5.41, 5.74) is 7.83. The zero-order valence-electron chi connectivity index (χ0n) is 10.6. The first-order valence-electron chi connectivity index (χ1n) is 6.18. The Bertz CT molecular complexity index is 673. The number of imidazole rings is 1. The Kier molecular flexibility index (Phi) is 2.83. The van der Waals surface area contributed by atoms with Crippen molar-refractivity contribution in [1.82, 2.24) is 15.0 Å². The molecule has 0 spiro atoms. The number of nitrogens with zero attached hydrogens (tertiary/aromatic N) is 2. The topological polar surface area (TPSA) is 92.8 Å². The summed E-state index contributed by atoms with van der Waals surface area (Å²) < 4.78 is 5.64. The van der Waals surface area contributed by atoms with Crippen LogP contribution in [0.5, 0.6) is 0 Å². The molecule has 6 heteroatoms. The fraction of sp³-hybridized carbons (Fsp3) is 0.231. The van der Waals surface area contributed by atoms with E-state index in [4.69, 9.17) is 10.2 Å². The van der Waals surface area contributed by atoms with Gasteiger partial charge in [-0.05, 0) is 18.6 Å². The fourth-order valence-corrected chi connectivity index (χ4v) is 2.01. The molecule has 1 aromatic carbocycles. The molecule has 1 atom stereocenters. The van der Waals surface area contributed by atoms with Crippen molar-refractivity contribution in [1.29, 1.82) is 0 Å². The van der Waals surface area contributed by atoms with Gasteiger partial charge in [0.1, 0.15) is 11.3 Å². The highest BCUT2D eigenvalue weighted by Crippen LogP contribution is 2.26. The van der Waals surface area contributed by atoms with Crippen LogP contribution < -0.4 is 11.1 Å². The standard InChI is InChI=1S/C13H15N5O/c1-2-9(12-15-6-7-16-12)17-13-18-11-8(14)4-3-5-10(11)19-13/h3-7,9H,2,14H2,1H3,(H,15,16)(H,17,18). The third-order valence-electron chi connectivity index (χ3n) is 3.01. The highest BCUT2D eigenvalue weighted by atomic mass is 16.4. The third-order valence-corrected chi connectivity index (χ3v) is 3.01. The van der Waals surface area contributed by atoms with Crippen LogP contribution in [0.2, 0.25) is 0 Å². The number of rotatable bonds is 4. The number of para-hydroxylation sites is 1. The summed E-state index contributed by atoms with van der Waals surface area (Å²) in [4.78, 5) is 11.7.